The fourth-order valence-electron chi connectivity index (χ4n) is 3.15. The summed E-state index contributed by atoms with van der Waals surface area (Å²) in [6, 6.07) is 14.8. The molecule has 3 nitrogen and oxygen atoms in total. The Kier molecular flexibility index (Phi) is 7.04. The van der Waals surface area contributed by atoms with E-state index in [-0.39, 0.29) is 0 Å². The van der Waals surface area contributed by atoms with Crippen LogP contribution in [0.25, 0.3) is 10.8 Å². The first-order valence-electron chi connectivity index (χ1n) is 9.71. The molecule has 3 aromatic rings. The lowest BCUT2D eigenvalue weighted by Crippen LogP contribution is -2.25. The van der Waals surface area contributed by atoms with E-state index in [0.717, 1.165) is 17.4 Å². The number of aromatic nitrogens is 1. The highest BCUT2D eigenvalue weighted by Crippen LogP contribution is 2.28. The lowest BCUT2D eigenvalue weighted by molar-refractivity contribution is 0.255. The van der Waals surface area contributed by atoms with Crippen molar-refractivity contribution in [1.82, 2.24) is 9.88 Å². The molecular formula is C22H29N3S. The zero-order chi connectivity index (χ0) is 18.2. The van der Waals surface area contributed by atoms with E-state index in [1.54, 1.807) is 11.3 Å². The third-order valence-electron chi connectivity index (χ3n) is 4.62. The van der Waals surface area contributed by atoms with Crippen LogP contribution in [0.4, 0.5) is 10.8 Å². The number of thiazole rings is 1. The Labute approximate surface area is 161 Å². The summed E-state index contributed by atoms with van der Waals surface area (Å²) < 4.78 is 0. The van der Waals surface area contributed by atoms with E-state index in [4.69, 9.17) is 4.98 Å². The van der Waals surface area contributed by atoms with Gasteiger partial charge in [0.2, 0.25) is 0 Å². The fourth-order valence-corrected chi connectivity index (χ4v) is 3.86. The Morgan fingerprint density at radius 3 is 2.46 bits per heavy atom. The summed E-state index contributed by atoms with van der Waals surface area (Å²) in [4.78, 5) is 7.38. The minimum atomic E-state index is 0.952. The Morgan fingerprint density at radius 2 is 1.69 bits per heavy atom. The highest BCUT2D eigenvalue weighted by atomic mass is 32.1. The zero-order valence-corrected chi connectivity index (χ0v) is 16.7. The third-order valence-corrected chi connectivity index (χ3v) is 5.43. The second kappa shape index (κ2) is 9.70. The van der Waals surface area contributed by atoms with Gasteiger partial charge >= 0.3 is 0 Å². The Bertz CT molecular complexity index is 799. The lowest BCUT2D eigenvalue weighted by Gasteiger charge is -2.20. The molecule has 0 aliphatic rings. The van der Waals surface area contributed by atoms with Crippen LogP contribution in [-0.2, 0) is 6.54 Å². The number of rotatable bonds is 10. The molecule has 0 amide bonds. The van der Waals surface area contributed by atoms with Gasteiger partial charge in [-0.25, -0.2) is 4.98 Å². The van der Waals surface area contributed by atoms with Crippen LogP contribution in [0.3, 0.4) is 0 Å². The maximum atomic E-state index is 4.83. The van der Waals surface area contributed by atoms with Crippen molar-refractivity contribution >= 4 is 32.9 Å². The molecule has 4 heteroatoms. The average Bonchev–Trinajstić information content (AvgIpc) is 3.11. The van der Waals surface area contributed by atoms with Crippen molar-refractivity contribution < 1.29 is 0 Å². The second-order valence-corrected chi connectivity index (χ2v) is 7.64. The molecule has 0 aliphatic carbocycles. The van der Waals surface area contributed by atoms with Crippen molar-refractivity contribution in [2.45, 2.75) is 46.1 Å². The third kappa shape index (κ3) is 5.05. The molecule has 3 rings (SSSR count). The van der Waals surface area contributed by atoms with Crippen molar-refractivity contribution in [1.29, 1.82) is 0 Å². The molecule has 2 aromatic carbocycles. The second-order valence-electron chi connectivity index (χ2n) is 6.78. The number of fused-ring (bicyclic) bond motifs is 1. The molecule has 0 radical (unpaired) electrons. The maximum Gasteiger partial charge on any atom is 0.187 e. The summed E-state index contributed by atoms with van der Waals surface area (Å²) in [5.41, 5.74) is 2.29. The van der Waals surface area contributed by atoms with Crippen LogP contribution in [-0.4, -0.2) is 23.0 Å². The fraction of sp³-hybridized carbons (Fsp3) is 0.409. The van der Waals surface area contributed by atoms with E-state index in [2.05, 4.69) is 71.9 Å². The van der Waals surface area contributed by atoms with Gasteiger partial charge in [0.1, 0.15) is 0 Å². The van der Waals surface area contributed by atoms with Gasteiger partial charge in [0.05, 0.1) is 5.69 Å². The highest BCUT2D eigenvalue weighted by Gasteiger charge is 2.09. The minimum Gasteiger partial charge on any atom is -0.331 e. The van der Waals surface area contributed by atoms with Crippen LogP contribution in [0.2, 0.25) is 0 Å². The van der Waals surface area contributed by atoms with E-state index in [1.807, 2.05) is 0 Å². The van der Waals surface area contributed by atoms with Crippen LogP contribution in [0, 0.1) is 0 Å². The standard InChI is InChI=1S/C22H29N3S/c1-3-5-14-25(15-6-4-2)16-19-17-26-22(23-19)24-21-13-9-11-18-10-7-8-12-20(18)21/h7-13,17H,3-6,14-16H2,1-2H3,(H,23,24). The van der Waals surface area contributed by atoms with Gasteiger partial charge < -0.3 is 5.32 Å². The van der Waals surface area contributed by atoms with Gasteiger partial charge in [-0.3, -0.25) is 4.90 Å². The topological polar surface area (TPSA) is 28.2 Å². The van der Waals surface area contributed by atoms with Crippen LogP contribution in [0.1, 0.15) is 45.2 Å². The Hall–Kier alpha value is -1.91. The van der Waals surface area contributed by atoms with Gasteiger partial charge in [0, 0.05) is 23.0 Å². The predicted molar refractivity (Wildman–Crippen MR) is 114 cm³/mol. The molecule has 1 heterocycles. The monoisotopic (exact) mass is 367 g/mol. The van der Waals surface area contributed by atoms with Crippen molar-refractivity contribution in [2.75, 3.05) is 18.4 Å². The molecule has 1 aromatic heterocycles. The normalized spacial score (nSPS) is 11.3. The minimum absolute atomic E-state index is 0.952. The predicted octanol–water partition coefficient (Wildman–Crippen LogP) is 6.44. The summed E-state index contributed by atoms with van der Waals surface area (Å²) in [5, 5.41) is 9.17. The van der Waals surface area contributed by atoms with Crippen LogP contribution in [0.15, 0.2) is 47.8 Å². The van der Waals surface area contributed by atoms with Crippen molar-refractivity contribution in [2.24, 2.45) is 0 Å². The molecule has 0 unspecified atom stereocenters. The van der Waals surface area contributed by atoms with Crippen molar-refractivity contribution in [3.63, 3.8) is 0 Å². The molecule has 0 saturated heterocycles. The van der Waals surface area contributed by atoms with Gasteiger partial charge in [-0.2, -0.15) is 0 Å². The molecule has 0 bridgehead atoms. The molecule has 138 valence electrons. The smallest absolute Gasteiger partial charge is 0.187 e. The summed E-state index contributed by atoms with van der Waals surface area (Å²) in [7, 11) is 0. The summed E-state index contributed by atoms with van der Waals surface area (Å²) >= 11 is 1.69. The Morgan fingerprint density at radius 1 is 0.962 bits per heavy atom. The molecule has 0 fully saturated rings. The van der Waals surface area contributed by atoms with E-state index in [1.165, 1.54) is 55.2 Å². The summed E-state index contributed by atoms with van der Waals surface area (Å²) in [6.45, 7) is 7.80. The van der Waals surface area contributed by atoms with E-state index < -0.39 is 0 Å². The lowest BCUT2D eigenvalue weighted by atomic mass is 10.1. The first-order chi connectivity index (χ1) is 12.8. The highest BCUT2D eigenvalue weighted by molar-refractivity contribution is 7.13. The van der Waals surface area contributed by atoms with Gasteiger partial charge in [0.25, 0.3) is 0 Å². The SMILES string of the molecule is CCCCN(CCCC)Cc1csc(Nc2cccc3ccccc23)n1. The molecule has 26 heavy (non-hydrogen) atoms. The zero-order valence-electron chi connectivity index (χ0n) is 15.9. The molecule has 0 saturated carbocycles. The number of hydrogen-bond donors (Lipinski definition) is 1. The maximum absolute atomic E-state index is 4.83. The first-order valence-corrected chi connectivity index (χ1v) is 10.6. The number of unbranched alkanes of at least 4 members (excludes halogenated alkanes) is 2. The van der Waals surface area contributed by atoms with Gasteiger partial charge in [0.15, 0.2) is 5.13 Å². The van der Waals surface area contributed by atoms with Crippen molar-refractivity contribution in [3.05, 3.63) is 53.5 Å². The Balaban J connectivity index is 1.68. The van der Waals surface area contributed by atoms with Crippen LogP contribution in [0.5, 0.6) is 0 Å². The number of anilines is 2. The van der Waals surface area contributed by atoms with Gasteiger partial charge in [-0.1, -0.05) is 63.1 Å². The van der Waals surface area contributed by atoms with Crippen LogP contribution >= 0.6 is 11.3 Å². The first kappa shape index (κ1) is 18.9. The number of nitrogens with one attached hydrogen (secondary N) is 1. The number of hydrogen-bond acceptors (Lipinski definition) is 4. The van der Waals surface area contributed by atoms with E-state index in [9.17, 15) is 0 Å². The average molecular weight is 368 g/mol. The molecule has 0 atom stereocenters. The molecular weight excluding hydrogens is 338 g/mol. The van der Waals surface area contributed by atoms with Crippen molar-refractivity contribution in [3.8, 4) is 0 Å². The number of benzene rings is 2. The number of nitrogens with zero attached hydrogens (tertiary/aromatic N) is 2. The summed E-state index contributed by atoms with van der Waals surface area (Å²) in [5.74, 6) is 0. The molecule has 1 N–H and O–H groups in total. The van der Waals surface area contributed by atoms with Gasteiger partial charge in [-0.15, -0.1) is 11.3 Å². The quantitative estimate of drug-likeness (QED) is 0.447. The van der Waals surface area contributed by atoms with E-state index in [0.29, 0.717) is 0 Å². The van der Waals surface area contributed by atoms with Gasteiger partial charge in [-0.05, 0) is 37.4 Å². The summed E-state index contributed by atoms with van der Waals surface area (Å²) in [6.07, 6.45) is 5.01. The molecule has 0 spiro atoms. The van der Waals surface area contributed by atoms with Crippen LogP contribution < -0.4 is 5.32 Å². The largest absolute Gasteiger partial charge is 0.331 e. The molecule has 0 aliphatic heterocycles. The van der Waals surface area contributed by atoms with E-state index >= 15 is 0 Å².